The lowest BCUT2D eigenvalue weighted by molar-refractivity contribution is -0.151. The van der Waals surface area contributed by atoms with Crippen molar-refractivity contribution in [2.24, 2.45) is 11.0 Å². The van der Waals surface area contributed by atoms with Crippen molar-refractivity contribution in [1.29, 1.82) is 0 Å². The molecule has 0 saturated heterocycles. The molecule has 1 aliphatic rings. The van der Waals surface area contributed by atoms with Crippen LogP contribution in [0.1, 0.15) is 19.8 Å². The van der Waals surface area contributed by atoms with Gasteiger partial charge >= 0.3 is 5.97 Å². The van der Waals surface area contributed by atoms with E-state index in [-0.39, 0.29) is 17.9 Å². The quantitative estimate of drug-likeness (QED) is 0.278. The third-order valence-electron chi connectivity index (χ3n) is 1.95. The number of azide groups is 1. The molecule has 0 aromatic rings. The van der Waals surface area contributed by atoms with Crippen molar-refractivity contribution >= 4 is 5.97 Å². The number of hydrogen-bond donors (Lipinski definition) is 0. The summed E-state index contributed by atoms with van der Waals surface area (Å²) in [4.78, 5) is 13.7. The number of nitrogens with zero attached hydrogens (tertiary/aromatic N) is 3. The third-order valence-corrected chi connectivity index (χ3v) is 1.95. The van der Waals surface area contributed by atoms with Crippen LogP contribution >= 0.6 is 0 Å². The molecule has 0 atom stereocenters. The molecule has 1 fully saturated rings. The molecule has 0 spiro atoms. The molecule has 0 amide bonds. The van der Waals surface area contributed by atoms with Crippen LogP contribution in [0, 0.1) is 5.92 Å². The van der Waals surface area contributed by atoms with Gasteiger partial charge < -0.3 is 4.74 Å². The summed E-state index contributed by atoms with van der Waals surface area (Å²) >= 11 is 0. The van der Waals surface area contributed by atoms with Crippen LogP contribution in [-0.4, -0.2) is 18.6 Å². The highest BCUT2D eigenvalue weighted by Crippen LogP contribution is 2.31. The average molecular weight is 169 g/mol. The second-order valence-corrected chi connectivity index (χ2v) is 2.78. The minimum atomic E-state index is -0.165. The normalized spacial score (nSPS) is 26.8. The number of ether oxygens (including phenoxy) is 1. The highest BCUT2D eigenvalue weighted by molar-refractivity contribution is 5.73. The Labute approximate surface area is 70.3 Å². The molecule has 1 saturated carbocycles. The highest BCUT2D eigenvalue weighted by atomic mass is 16.5. The van der Waals surface area contributed by atoms with Crippen LogP contribution in [0.5, 0.6) is 0 Å². The fourth-order valence-corrected chi connectivity index (χ4v) is 1.21. The molecule has 0 aromatic heterocycles. The first kappa shape index (κ1) is 8.87. The molecular weight excluding hydrogens is 158 g/mol. The zero-order chi connectivity index (χ0) is 8.97. The fraction of sp³-hybridized carbons (Fsp3) is 0.857. The lowest BCUT2D eigenvalue weighted by atomic mass is 9.81. The predicted octanol–water partition coefficient (Wildman–Crippen LogP) is 1.64. The number of rotatable bonds is 3. The minimum Gasteiger partial charge on any atom is -0.466 e. The Morgan fingerprint density at radius 1 is 1.75 bits per heavy atom. The largest absolute Gasteiger partial charge is 0.466 e. The van der Waals surface area contributed by atoms with Crippen molar-refractivity contribution in [2.45, 2.75) is 25.8 Å². The topological polar surface area (TPSA) is 75.1 Å². The summed E-state index contributed by atoms with van der Waals surface area (Å²) in [5.74, 6) is -0.206. The first-order chi connectivity index (χ1) is 5.77. The number of carbonyl (C=O) groups is 1. The Bertz CT molecular complexity index is 217. The minimum absolute atomic E-state index is 0.00408. The highest BCUT2D eigenvalue weighted by Gasteiger charge is 2.34. The van der Waals surface area contributed by atoms with Crippen LogP contribution < -0.4 is 0 Å². The summed E-state index contributed by atoms with van der Waals surface area (Å²) < 4.78 is 4.80. The Balaban J connectivity index is 2.24. The summed E-state index contributed by atoms with van der Waals surface area (Å²) in [6, 6.07) is 0.00408. The van der Waals surface area contributed by atoms with Gasteiger partial charge in [0.25, 0.3) is 0 Å². The van der Waals surface area contributed by atoms with Gasteiger partial charge in [0.1, 0.15) is 0 Å². The van der Waals surface area contributed by atoms with E-state index in [0.717, 1.165) is 0 Å². The maximum atomic E-state index is 11.0. The zero-order valence-corrected chi connectivity index (χ0v) is 6.93. The van der Waals surface area contributed by atoms with E-state index < -0.39 is 0 Å². The fourth-order valence-electron chi connectivity index (χ4n) is 1.21. The van der Waals surface area contributed by atoms with Gasteiger partial charge in [-0.05, 0) is 25.3 Å². The molecule has 0 bridgehead atoms. The second kappa shape index (κ2) is 3.97. The standard InChI is InChI=1S/C7H11N3O2/c1-2-12-7(11)5-3-6(4-5)9-10-8/h5-6H,2-4H2,1H3. The monoisotopic (exact) mass is 169 g/mol. The molecule has 1 aliphatic carbocycles. The van der Waals surface area contributed by atoms with E-state index in [1.807, 2.05) is 0 Å². The first-order valence-corrected chi connectivity index (χ1v) is 3.98. The molecule has 0 heterocycles. The van der Waals surface area contributed by atoms with Gasteiger partial charge in [-0.3, -0.25) is 4.79 Å². The van der Waals surface area contributed by atoms with Gasteiger partial charge in [0.2, 0.25) is 0 Å². The van der Waals surface area contributed by atoms with Crippen molar-refractivity contribution in [3.8, 4) is 0 Å². The van der Waals surface area contributed by atoms with Crippen molar-refractivity contribution < 1.29 is 9.53 Å². The van der Waals surface area contributed by atoms with Crippen LogP contribution in [0.4, 0.5) is 0 Å². The second-order valence-electron chi connectivity index (χ2n) is 2.78. The van der Waals surface area contributed by atoms with Gasteiger partial charge in [0.05, 0.1) is 12.5 Å². The Morgan fingerprint density at radius 2 is 2.42 bits per heavy atom. The molecular formula is C7H11N3O2. The SMILES string of the molecule is CCOC(=O)C1CC(N=[N+]=[N-])C1. The van der Waals surface area contributed by atoms with Crippen molar-refractivity contribution in [2.75, 3.05) is 6.61 Å². The van der Waals surface area contributed by atoms with Crippen LogP contribution in [0.25, 0.3) is 10.4 Å². The summed E-state index contributed by atoms with van der Waals surface area (Å²) in [7, 11) is 0. The summed E-state index contributed by atoms with van der Waals surface area (Å²) in [6.45, 7) is 2.20. The van der Waals surface area contributed by atoms with E-state index in [4.69, 9.17) is 10.3 Å². The molecule has 5 nitrogen and oxygen atoms in total. The maximum Gasteiger partial charge on any atom is 0.308 e. The zero-order valence-electron chi connectivity index (χ0n) is 6.93. The molecule has 0 unspecified atom stereocenters. The lowest BCUT2D eigenvalue weighted by Crippen LogP contribution is -2.34. The molecule has 0 radical (unpaired) electrons. The molecule has 0 aromatic carbocycles. The van der Waals surface area contributed by atoms with Gasteiger partial charge in [0, 0.05) is 11.0 Å². The van der Waals surface area contributed by atoms with E-state index >= 15 is 0 Å². The maximum absolute atomic E-state index is 11.0. The van der Waals surface area contributed by atoms with E-state index in [0.29, 0.717) is 19.4 Å². The van der Waals surface area contributed by atoms with Gasteiger partial charge in [-0.1, -0.05) is 5.11 Å². The summed E-state index contributed by atoms with van der Waals surface area (Å²) in [5.41, 5.74) is 8.07. The summed E-state index contributed by atoms with van der Waals surface area (Å²) in [6.07, 6.45) is 1.28. The Kier molecular flexibility index (Phi) is 2.94. The predicted molar refractivity (Wildman–Crippen MR) is 42.3 cm³/mol. The van der Waals surface area contributed by atoms with E-state index in [1.165, 1.54) is 0 Å². The molecule has 12 heavy (non-hydrogen) atoms. The Morgan fingerprint density at radius 3 is 2.92 bits per heavy atom. The third kappa shape index (κ3) is 1.89. The molecule has 66 valence electrons. The van der Waals surface area contributed by atoms with Gasteiger partial charge in [-0.2, -0.15) is 0 Å². The molecule has 1 rings (SSSR count). The van der Waals surface area contributed by atoms with Gasteiger partial charge in [-0.15, -0.1) is 0 Å². The number of carbonyl (C=O) groups excluding carboxylic acids is 1. The summed E-state index contributed by atoms with van der Waals surface area (Å²) in [5, 5.41) is 3.50. The van der Waals surface area contributed by atoms with Crippen molar-refractivity contribution in [1.82, 2.24) is 0 Å². The van der Waals surface area contributed by atoms with E-state index in [2.05, 4.69) is 10.0 Å². The average Bonchev–Trinajstić information content (AvgIpc) is 1.96. The van der Waals surface area contributed by atoms with Gasteiger partial charge in [-0.25, -0.2) is 0 Å². The van der Waals surface area contributed by atoms with Crippen LogP contribution in [-0.2, 0) is 9.53 Å². The molecule has 5 heteroatoms. The van der Waals surface area contributed by atoms with E-state index in [1.54, 1.807) is 6.92 Å². The smallest absolute Gasteiger partial charge is 0.308 e. The van der Waals surface area contributed by atoms with Crippen molar-refractivity contribution in [3.63, 3.8) is 0 Å². The lowest BCUT2D eigenvalue weighted by Gasteiger charge is -2.29. The molecule has 0 N–H and O–H groups in total. The first-order valence-electron chi connectivity index (χ1n) is 3.98. The van der Waals surface area contributed by atoms with Crippen LogP contribution in [0.15, 0.2) is 5.11 Å². The Hall–Kier alpha value is -1.22. The van der Waals surface area contributed by atoms with Crippen LogP contribution in [0.3, 0.4) is 0 Å². The van der Waals surface area contributed by atoms with Crippen LogP contribution in [0.2, 0.25) is 0 Å². The van der Waals surface area contributed by atoms with E-state index in [9.17, 15) is 4.79 Å². The number of hydrogen-bond acceptors (Lipinski definition) is 3. The van der Waals surface area contributed by atoms with Crippen molar-refractivity contribution in [3.05, 3.63) is 10.4 Å². The molecule has 0 aliphatic heterocycles. The number of esters is 1. The van der Waals surface area contributed by atoms with Gasteiger partial charge in [0.15, 0.2) is 0 Å².